The molecule has 0 heterocycles. The van der Waals surface area contributed by atoms with Gasteiger partial charge in [0.1, 0.15) is 18.2 Å². The van der Waals surface area contributed by atoms with Gasteiger partial charge in [0, 0.05) is 0 Å². The van der Waals surface area contributed by atoms with Crippen molar-refractivity contribution in [2.45, 2.75) is 0 Å². The van der Waals surface area contributed by atoms with Crippen LogP contribution in [0.3, 0.4) is 0 Å². The highest BCUT2D eigenvalue weighted by Gasteiger charge is 2.00. The highest BCUT2D eigenvalue weighted by Crippen LogP contribution is 2.23. The maximum atomic E-state index is 10.8. The van der Waals surface area contributed by atoms with Crippen molar-refractivity contribution in [3.8, 4) is 5.75 Å². The molecule has 15 heavy (non-hydrogen) atoms. The zero-order chi connectivity index (χ0) is 11.1. The van der Waals surface area contributed by atoms with E-state index in [1.807, 2.05) is 24.3 Å². The van der Waals surface area contributed by atoms with Crippen LogP contribution in [-0.4, -0.2) is 24.9 Å². The van der Waals surface area contributed by atoms with Gasteiger partial charge in [-0.2, -0.15) is 0 Å². The third kappa shape index (κ3) is 4.53. The van der Waals surface area contributed by atoms with Crippen LogP contribution in [0.1, 0.15) is 0 Å². The standard InChI is InChI=1S/C10H11BrClNO2/c11-8-3-1-2-4-9(8)15-6-5-13-10(14)7-12/h1-4H,5-7H2,(H,13,14). The molecule has 1 amide bonds. The number of para-hydroxylation sites is 1. The van der Waals surface area contributed by atoms with Gasteiger partial charge in [0.05, 0.1) is 11.0 Å². The van der Waals surface area contributed by atoms with E-state index in [9.17, 15) is 4.79 Å². The van der Waals surface area contributed by atoms with Gasteiger partial charge in [0.25, 0.3) is 0 Å². The zero-order valence-corrected chi connectivity index (χ0v) is 10.3. The Balaban J connectivity index is 2.26. The Morgan fingerprint density at radius 1 is 1.47 bits per heavy atom. The van der Waals surface area contributed by atoms with Gasteiger partial charge in [-0.25, -0.2) is 0 Å². The Bertz CT molecular complexity index is 333. The first-order valence-electron chi connectivity index (χ1n) is 4.44. The lowest BCUT2D eigenvalue weighted by Gasteiger charge is -2.08. The number of alkyl halides is 1. The van der Waals surface area contributed by atoms with Crippen molar-refractivity contribution in [2.24, 2.45) is 0 Å². The summed E-state index contributed by atoms with van der Waals surface area (Å²) in [6, 6.07) is 7.55. The first-order chi connectivity index (χ1) is 7.24. The molecule has 0 aromatic heterocycles. The summed E-state index contributed by atoms with van der Waals surface area (Å²) in [5.74, 6) is 0.555. The van der Waals surface area contributed by atoms with E-state index < -0.39 is 0 Å². The molecule has 0 fully saturated rings. The third-order valence-corrected chi connectivity index (χ3v) is 2.54. The topological polar surface area (TPSA) is 38.3 Å². The van der Waals surface area contributed by atoms with Crippen molar-refractivity contribution in [3.63, 3.8) is 0 Å². The average Bonchev–Trinajstić information content (AvgIpc) is 2.26. The van der Waals surface area contributed by atoms with Crippen LogP contribution in [0.4, 0.5) is 0 Å². The molecule has 0 atom stereocenters. The molecule has 1 aromatic rings. The summed E-state index contributed by atoms with van der Waals surface area (Å²) in [6.07, 6.45) is 0. The van der Waals surface area contributed by atoms with Crippen LogP contribution >= 0.6 is 27.5 Å². The Labute approximate surface area is 102 Å². The molecule has 0 unspecified atom stereocenters. The summed E-state index contributed by atoms with van der Waals surface area (Å²) in [5.41, 5.74) is 0. The molecule has 1 N–H and O–H groups in total. The van der Waals surface area contributed by atoms with Gasteiger partial charge in [-0.05, 0) is 28.1 Å². The van der Waals surface area contributed by atoms with E-state index in [1.165, 1.54) is 0 Å². The molecule has 0 aliphatic carbocycles. The average molecular weight is 293 g/mol. The van der Waals surface area contributed by atoms with Crippen molar-refractivity contribution in [1.82, 2.24) is 5.32 Å². The molecule has 0 saturated heterocycles. The summed E-state index contributed by atoms with van der Waals surface area (Å²) in [6.45, 7) is 0.873. The van der Waals surface area contributed by atoms with Gasteiger partial charge < -0.3 is 10.1 Å². The first kappa shape index (κ1) is 12.3. The summed E-state index contributed by atoms with van der Waals surface area (Å²) in [4.78, 5) is 10.8. The quantitative estimate of drug-likeness (QED) is 0.667. The van der Waals surface area contributed by atoms with Gasteiger partial charge in [0.15, 0.2) is 0 Å². The van der Waals surface area contributed by atoms with Crippen LogP contribution in [0.25, 0.3) is 0 Å². The van der Waals surface area contributed by atoms with E-state index in [0.29, 0.717) is 13.2 Å². The Kier molecular flexibility index (Phi) is 5.50. The Morgan fingerprint density at radius 2 is 2.20 bits per heavy atom. The van der Waals surface area contributed by atoms with Gasteiger partial charge in [-0.3, -0.25) is 4.79 Å². The highest BCUT2D eigenvalue weighted by molar-refractivity contribution is 9.10. The van der Waals surface area contributed by atoms with Crippen molar-refractivity contribution in [1.29, 1.82) is 0 Å². The van der Waals surface area contributed by atoms with Gasteiger partial charge in [-0.15, -0.1) is 11.6 Å². The molecule has 0 bridgehead atoms. The Hall–Kier alpha value is -0.740. The molecule has 1 aromatic carbocycles. The summed E-state index contributed by atoms with van der Waals surface area (Å²) in [7, 11) is 0. The van der Waals surface area contributed by atoms with Crippen molar-refractivity contribution in [3.05, 3.63) is 28.7 Å². The number of hydrogen-bond donors (Lipinski definition) is 1. The number of rotatable bonds is 5. The second-order valence-electron chi connectivity index (χ2n) is 2.76. The fourth-order valence-electron chi connectivity index (χ4n) is 0.960. The van der Waals surface area contributed by atoms with Crippen LogP contribution in [0.2, 0.25) is 0 Å². The highest BCUT2D eigenvalue weighted by atomic mass is 79.9. The predicted molar refractivity (Wildman–Crippen MR) is 63.4 cm³/mol. The predicted octanol–water partition coefficient (Wildman–Crippen LogP) is 2.18. The van der Waals surface area contributed by atoms with E-state index in [2.05, 4.69) is 21.2 Å². The maximum Gasteiger partial charge on any atom is 0.235 e. The van der Waals surface area contributed by atoms with Crippen molar-refractivity contribution < 1.29 is 9.53 Å². The molecule has 0 spiro atoms. The number of carbonyl (C=O) groups is 1. The third-order valence-electron chi connectivity index (χ3n) is 1.64. The monoisotopic (exact) mass is 291 g/mol. The first-order valence-corrected chi connectivity index (χ1v) is 5.77. The lowest BCUT2D eigenvalue weighted by Crippen LogP contribution is -2.28. The van der Waals surface area contributed by atoms with E-state index in [1.54, 1.807) is 0 Å². The molecule has 0 radical (unpaired) electrons. The number of carbonyl (C=O) groups excluding carboxylic acids is 1. The molecule has 5 heteroatoms. The zero-order valence-electron chi connectivity index (χ0n) is 8.00. The number of benzene rings is 1. The van der Waals surface area contributed by atoms with Gasteiger partial charge >= 0.3 is 0 Å². The molecule has 3 nitrogen and oxygen atoms in total. The molecular formula is C10H11BrClNO2. The van der Waals surface area contributed by atoms with E-state index >= 15 is 0 Å². The largest absolute Gasteiger partial charge is 0.491 e. The van der Waals surface area contributed by atoms with Crippen LogP contribution in [0.15, 0.2) is 28.7 Å². The fourth-order valence-corrected chi connectivity index (χ4v) is 1.45. The molecular weight excluding hydrogens is 281 g/mol. The van der Waals surface area contributed by atoms with E-state index in [0.717, 1.165) is 10.2 Å². The fraction of sp³-hybridized carbons (Fsp3) is 0.300. The van der Waals surface area contributed by atoms with Crippen LogP contribution < -0.4 is 10.1 Å². The van der Waals surface area contributed by atoms with Crippen LogP contribution in [0.5, 0.6) is 5.75 Å². The lowest BCUT2D eigenvalue weighted by molar-refractivity contribution is -0.118. The smallest absolute Gasteiger partial charge is 0.235 e. The molecule has 1 rings (SSSR count). The Morgan fingerprint density at radius 3 is 2.87 bits per heavy atom. The summed E-state index contributed by atoms with van der Waals surface area (Å²) < 4.78 is 6.32. The summed E-state index contributed by atoms with van der Waals surface area (Å²) in [5, 5.41) is 2.61. The van der Waals surface area contributed by atoms with Gasteiger partial charge in [0.2, 0.25) is 5.91 Å². The SMILES string of the molecule is O=C(CCl)NCCOc1ccccc1Br. The number of hydrogen-bond acceptors (Lipinski definition) is 2. The van der Waals surface area contributed by atoms with E-state index in [4.69, 9.17) is 16.3 Å². The maximum absolute atomic E-state index is 10.8. The minimum absolute atomic E-state index is 0.0188. The normalized spacial score (nSPS) is 9.73. The minimum Gasteiger partial charge on any atom is -0.491 e. The lowest BCUT2D eigenvalue weighted by atomic mass is 10.3. The number of ether oxygens (including phenoxy) is 1. The number of amides is 1. The number of nitrogens with one attached hydrogen (secondary N) is 1. The molecule has 0 aliphatic rings. The second-order valence-corrected chi connectivity index (χ2v) is 3.88. The van der Waals surface area contributed by atoms with Crippen LogP contribution in [-0.2, 0) is 4.79 Å². The molecule has 82 valence electrons. The summed E-state index contributed by atoms with van der Waals surface area (Å²) >= 11 is 8.67. The second kappa shape index (κ2) is 6.69. The molecule has 0 saturated carbocycles. The van der Waals surface area contributed by atoms with E-state index in [-0.39, 0.29) is 11.8 Å². The minimum atomic E-state index is -0.188. The van der Waals surface area contributed by atoms with Crippen molar-refractivity contribution >= 4 is 33.4 Å². The van der Waals surface area contributed by atoms with Crippen LogP contribution in [0, 0.1) is 0 Å². The molecule has 0 aliphatic heterocycles. The van der Waals surface area contributed by atoms with Gasteiger partial charge in [-0.1, -0.05) is 12.1 Å². The number of halogens is 2. The van der Waals surface area contributed by atoms with Crippen molar-refractivity contribution in [2.75, 3.05) is 19.0 Å².